The number of carbonyl (C=O) groups is 1. The summed E-state index contributed by atoms with van der Waals surface area (Å²) in [7, 11) is 0. The molecule has 3 aromatic rings. The maximum atomic E-state index is 14.5. The van der Waals surface area contributed by atoms with Crippen molar-refractivity contribution in [1.82, 2.24) is 0 Å². The SMILES string of the molecule is NC1=C(c2cccc(C(F)(F)F)c2)C(=O)/C(=C\c2c(F)ccc3ccccc23)S1. The Morgan fingerprint density at radius 1 is 0.966 bits per heavy atom. The minimum atomic E-state index is -4.54. The van der Waals surface area contributed by atoms with Crippen LogP contribution in [0.2, 0.25) is 0 Å². The van der Waals surface area contributed by atoms with Gasteiger partial charge in [-0.05, 0) is 40.6 Å². The topological polar surface area (TPSA) is 43.1 Å². The van der Waals surface area contributed by atoms with Crippen LogP contribution in [0, 0.1) is 5.82 Å². The van der Waals surface area contributed by atoms with Gasteiger partial charge in [0, 0.05) is 5.56 Å². The maximum absolute atomic E-state index is 14.5. The first-order chi connectivity index (χ1) is 13.8. The first kappa shape index (κ1) is 19.3. The van der Waals surface area contributed by atoms with Crippen LogP contribution in [0.15, 0.2) is 70.6 Å². The molecule has 0 radical (unpaired) electrons. The zero-order valence-corrected chi connectivity index (χ0v) is 15.6. The second-order valence-corrected chi connectivity index (χ2v) is 7.52. The zero-order valence-electron chi connectivity index (χ0n) is 14.8. The number of carbonyl (C=O) groups excluding carboxylic acids is 1. The molecule has 2 N–H and O–H groups in total. The van der Waals surface area contributed by atoms with Gasteiger partial charge in [-0.15, -0.1) is 0 Å². The number of nitrogens with two attached hydrogens (primary N) is 1. The molecule has 7 heteroatoms. The van der Waals surface area contributed by atoms with Crippen LogP contribution in [0.5, 0.6) is 0 Å². The molecule has 2 nitrogen and oxygen atoms in total. The molecule has 1 aliphatic rings. The highest BCUT2D eigenvalue weighted by Crippen LogP contribution is 2.42. The minimum Gasteiger partial charge on any atom is -0.393 e. The Hall–Kier alpha value is -3.06. The van der Waals surface area contributed by atoms with Gasteiger partial charge in [0.05, 0.1) is 21.1 Å². The molecule has 0 aromatic heterocycles. The van der Waals surface area contributed by atoms with E-state index in [1.807, 2.05) is 12.1 Å². The van der Waals surface area contributed by atoms with E-state index in [0.717, 1.165) is 29.3 Å². The molecule has 4 rings (SSSR count). The first-order valence-corrected chi connectivity index (χ1v) is 9.36. The summed E-state index contributed by atoms with van der Waals surface area (Å²) in [6.45, 7) is 0. The molecule has 0 atom stereocenters. The van der Waals surface area contributed by atoms with Crippen LogP contribution in [-0.4, -0.2) is 5.78 Å². The second-order valence-electron chi connectivity index (χ2n) is 6.44. The fourth-order valence-corrected chi connectivity index (χ4v) is 4.14. The average molecular weight is 415 g/mol. The third kappa shape index (κ3) is 3.53. The fraction of sp³-hybridized carbons (Fsp3) is 0.0455. The molecule has 0 fully saturated rings. The molecule has 0 unspecified atom stereocenters. The molecule has 1 heterocycles. The van der Waals surface area contributed by atoms with Crippen molar-refractivity contribution >= 4 is 40.0 Å². The van der Waals surface area contributed by atoms with Gasteiger partial charge in [-0.3, -0.25) is 4.79 Å². The fourth-order valence-electron chi connectivity index (χ4n) is 3.22. The number of rotatable bonds is 2. The van der Waals surface area contributed by atoms with Gasteiger partial charge in [-0.2, -0.15) is 13.2 Å². The monoisotopic (exact) mass is 415 g/mol. The molecular weight excluding hydrogens is 402 g/mol. The van der Waals surface area contributed by atoms with Gasteiger partial charge in [0.2, 0.25) is 5.78 Å². The average Bonchev–Trinajstić information content (AvgIpc) is 2.97. The van der Waals surface area contributed by atoms with E-state index < -0.39 is 23.3 Å². The molecule has 3 aromatic carbocycles. The number of fused-ring (bicyclic) bond motifs is 1. The third-order valence-corrected chi connectivity index (χ3v) is 5.54. The maximum Gasteiger partial charge on any atom is 0.416 e. The van der Waals surface area contributed by atoms with Crippen molar-refractivity contribution in [1.29, 1.82) is 0 Å². The first-order valence-electron chi connectivity index (χ1n) is 8.54. The number of hydrogen-bond acceptors (Lipinski definition) is 3. The van der Waals surface area contributed by atoms with Gasteiger partial charge in [0.25, 0.3) is 0 Å². The standard InChI is InChI=1S/C22H13F4NOS/c23-17-9-8-12-4-1-2-7-15(12)16(17)11-18-20(28)19(21(27)29-18)13-5-3-6-14(10-13)22(24,25)26/h1-11H,27H2/b18-11+. The number of hydrogen-bond donors (Lipinski definition) is 1. The molecule has 0 spiro atoms. The predicted octanol–water partition coefficient (Wildman–Crippen LogP) is 5.98. The number of allylic oxidation sites excluding steroid dienone is 2. The van der Waals surface area contributed by atoms with E-state index in [4.69, 9.17) is 5.73 Å². The lowest BCUT2D eigenvalue weighted by Gasteiger charge is -2.09. The normalized spacial score (nSPS) is 16.3. The molecule has 146 valence electrons. The van der Waals surface area contributed by atoms with Crippen LogP contribution in [-0.2, 0) is 11.0 Å². The smallest absolute Gasteiger partial charge is 0.393 e. The molecule has 29 heavy (non-hydrogen) atoms. The highest BCUT2D eigenvalue weighted by atomic mass is 32.2. The van der Waals surface area contributed by atoms with Gasteiger partial charge >= 0.3 is 6.18 Å². The van der Waals surface area contributed by atoms with Crippen LogP contribution < -0.4 is 5.73 Å². The van der Waals surface area contributed by atoms with E-state index in [1.54, 1.807) is 18.2 Å². The van der Waals surface area contributed by atoms with Crippen molar-refractivity contribution in [3.63, 3.8) is 0 Å². The van der Waals surface area contributed by atoms with Crippen molar-refractivity contribution in [2.24, 2.45) is 5.73 Å². The Morgan fingerprint density at radius 3 is 2.48 bits per heavy atom. The number of ketones is 1. The molecule has 1 aliphatic heterocycles. The van der Waals surface area contributed by atoms with Crippen LogP contribution in [0.4, 0.5) is 17.6 Å². The molecule has 0 bridgehead atoms. The molecule has 0 saturated heterocycles. The number of Topliss-reactive ketones (excluding diaryl/α,β-unsaturated/α-hetero) is 1. The van der Waals surface area contributed by atoms with Crippen molar-refractivity contribution in [3.8, 4) is 0 Å². The molecule has 0 amide bonds. The van der Waals surface area contributed by atoms with E-state index in [9.17, 15) is 22.4 Å². The van der Waals surface area contributed by atoms with Gasteiger partial charge < -0.3 is 5.73 Å². The van der Waals surface area contributed by atoms with E-state index in [1.165, 1.54) is 24.3 Å². The Morgan fingerprint density at radius 2 is 1.72 bits per heavy atom. The second kappa shape index (κ2) is 7.08. The highest BCUT2D eigenvalue weighted by Gasteiger charge is 2.33. The highest BCUT2D eigenvalue weighted by molar-refractivity contribution is 8.08. The van der Waals surface area contributed by atoms with Crippen LogP contribution in [0.1, 0.15) is 16.7 Å². The largest absolute Gasteiger partial charge is 0.416 e. The van der Waals surface area contributed by atoms with Gasteiger partial charge in [-0.25, -0.2) is 4.39 Å². The van der Waals surface area contributed by atoms with E-state index in [0.29, 0.717) is 5.39 Å². The summed E-state index contributed by atoms with van der Waals surface area (Å²) in [4.78, 5) is 13.1. The van der Waals surface area contributed by atoms with Crippen molar-refractivity contribution in [3.05, 3.63) is 93.1 Å². The number of benzene rings is 3. The Kier molecular flexibility index (Phi) is 4.70. The van der Waals surface area contributed by atoms with Gasteiger partial charge in [0.1, 0.15) is 5.82 Å². The number of alkyl halides is 3. The van der Waals surface area contributed by atoms with Crippen LogP contribution >= 0.6 is 11.8 Å². The lowest BCUT2D eigenvalue weighted by atomic mass is 9.98. The van der Waals surface area contributed by atoms with Crippen molar-refractivity contribution in [2.45, 2.75) is 6.18 Å². The predicted molar refractivity (Wildman–Crippen MR) is 107 cm³/mol. The number of halogens is 4. The summed E-state index contributed by atoms with van der Waals surface area (Å²) in [6, 6.07) is 14.5. The quantitative estimate of drug-likeness (QED) is 0.414. The van der Waals surface area contributed by atoms with Crippen molar-refractivity contribution < 1.29 is 22.4 Å². The number of thioether (sulfide) groups is 1. The van der Waals surface area contributed by atoms with Gasteiger partial charge in [0.15, 0.2) is 0 Å². The molecular formula is C22H13F4NOS. The van der Waals surface area contributed by atoms with Crippen LogP contribution in [0.3, 0.4) is 0 Å². The summed E-state index contributed by atoms with van der Waals surface area (Å²) >= 11 is 0.923. The Labute approximate surface area is 167 Å². The molecule has 0 aliphatic carbocycles. The van der Waals surface area contributed by atoms with Gasteiger partial charge in [-0.1, -0.05) is 54.2 Å². The van der Waals surface area contributed by atoms with Crippen molar-refractivity contribution in [2.75, 3.05) is 0 Å². The van der Waals surface area contributed by atoms with E-state index >= 15 is 0 Å². The lowest BCUT2D eigenvalue weighted by Crippen LogP contribution is -2.07. The Bertz CT molecular complexity index is 1210. The summed E-state index contributed by atoms with van der Waals surface area (Å²) in [5, 5.41) is 1.51. The Balaban J connectivity index is 1.77. The van der Waals surface area contributed by atoms with E-state index in [-0.39, 0.29) is 26.6 Å². The summed E-state index contributed by atoms with van der Waals surface area (Å²) < 4.78 is 53.5. The van der Waals surface area contributed by atoms with Crippen LogP contribution in [0.25, 0.3) is 22.4 Å². The summed E-state index contributed by atoms with van der Waals surface area (Å²) in [6.07, 6.45) is -3.14. The third-order valence-electron chi connectivity index (χ3n) is 4.59. The lowest BCUT2D eigenvalue weighted by molar-refractivity contribution is -0.137. The molecule has 0 saturated carbocycles. The van der Waals surface area contributed by atoms with E-state index in [2.05, 4.69) is 0 Å². The zero-order chi connectivity index (χ0) is 20.8. The summed E-state index contributed by atoms with van der Waals surface area (Å²) in [5.74, 6) is -1.03. The summed E-state index contributed by atoms with van der Waals surface area (Å²) in [5.41, 5.74) is 5.40. The minimum absolute atomic E-state index is 0.00649.